The number of carbonyl (C=O) groups is 1. The Kier molecular flexibility index (Phi) is 6.12. The van der Waals surface area contributed by atoms with E-state index in [4.69, 9.17) is 0 Å². The number of carbonyl (C=O) groups excluding carboxylic acids is 1. The van der Waals surface area contributed by atoms with Crippen LogP contribution in [0.3, 0.4) is 0 Å². The number of aryl methyl sites for hydroxylation is 2. The van der Waals surface area contributed by atoms with Crippen LogP contribution in [0.2, 0.25) is 0 Å². The van der Waals surface area contributed by atoms with Crippen LogP contribution < -0.4 is 5.32 Å². The van der Waals surface area contributed by atoms with Crippen molar-refractivity contribution in [2.24, 2.45) is 0 Å². The molecule has 1 amide bonds. The van der Waals surface area contributed by atoms with Gasteiger partial charge in [0.05, 0.1) is 16.3 Å². The first kappa shape index (κ1) is 22.2. The molecule has 0 bridgehead atoms. The second-order valence-corrected chi connectivity index (χ2v) is 9.86. The van der Waals surface area contributed by atoms with Crippen molar-refractivity contribution in [1.29, 1.82) is 0 Å². The highest BCUT2D eigenvalue weighted by Gasteiger charge is 2.28. The number of benzene rings is 2. The van der Waals surface area contributed by atoms with E-state index >= 15 is 0 Å². The van der Waals surface area contributed by atoms with Gasteiger partial charge in [-0.3, -0.25) is 4.79 Å². The summed E-state index contributed by atoms with van der Waals surface area (Å²) in [6.45, 7) is 4.50. The van der Waals surface area contributed by atoms with Gasteiger partial charge in [0.1, 0.15) is 11.6 Å². The molecule has 168 valence electrons. The highest BCUT2D eigenvalue weighted by molar-refractivity contribution is 7.89. The average molecular weight is 457 g/mol. The van der Waals surface area contributed by atoms with E-state index in [0.29, 0.717) is 35.9 Å². The second kappa shape index (κ2) is 8.84. The van der Waals surface area contributed by atoms with Crippen molar-refractivity contribution in [3.8, 4) is 5.69 Å². The van der Waals surface area contributed by atoms with Crippen LogP contribution in [-0.2, 0) is 10.0 Å². The zero-order valence-corrected chi connectivity index (χ0v) is 18.8. The van der Waals surface area contributed by atoms with Crippen molar-refractivity contribution in [2.75, 3.05) is 18.4 Å². The van der Waals surface area contributed by atoms with Crippen LogP contribution in [-0.4, -0.2) is 41.5 Å². The Hall–Kier alpha value is -3.04. The molecular formula is C23H25FN4O3S. The molecule has 2 aromatic carbocycles. The summed E-state index contributed by atoms with van der Waals surface area (Å²) in [5.41, 5.74) is 2.09. The van der Waals surface area contributed by atoms with E-state index in [9.17, 15) is 17.6 Å². The zero-order chi connectivity index (χ0) is 22.9. The number of piperidine rings is 1. The van der Waals surface area contributed by atoms with Crippen molar-refractivity contribution >= 4 is 21.7 Å². The third-order valence-electron chi connectivity index (χ3n) is 5.53. The van der Waals surface area contributed by atoms with Crippen LogP contribution in [0.4, 0.5) is 10.2 Å². The molecule has 0 saturated carbocycles. The van der Waals surface area contributed by atoms with Gasteiger partial charge >= 0.3 is 0 Å². The lowest BCUT2D eigenvalue weighted by Crippen LogP contribution is -2.36. The van der Waals surface area contributed by atoms with E-state index in [1.807, 2.05) is 0 Å². The monoisotopic (exact) mass is 456 g/mol. The lowest BCUT2D eigenvalue weighted by atomic mass is 10.1. The minimum atomic E-state index is -3.67. The Labute approximate surface area is 186 Å². The van der Waals surface area contributed by atoms with Crippen LogP contribution in [0.5, 0.6) is 0 Å². The summed E-state index contributed by atoms with van der Waals surface area (Å²) >= 11 is 0. The molecule has 0 aliphatic carbocycles. The molecule has 0 unspecified atom stereocenters. The Morgan fingerprint density at radius 3 is 2.38 bits per heavy atom. The SMILES string of the molecule is Cc1cc(NC(=O)c2ccc(C)c(S(=O)(=O)N3CCCCC3)c2)n(-c2ccc(F)cc2)n1. The van der Waals surface area contributed by atoms with Gasteiger partial charge in [0.2, 0.25) is 10.0 Å². The third kappa shape index (κ3) is 4.44. The molecule has 1 aromatic heterocycles. The number of hydrogen-bond acceptors (Lipinski definition) is 4. The highest BCUT2D eigenvalue weighted by atomic mass is 32.2. The van der Waals surface area contributed by atoms with Crippen molar-refractivity contribution < 1.29 is 17.6 Å². The minimum Gasteiger partial charge on any atom is -0.306 e. The molecule has 1 N–H and O–H groups in total. The molecule has 2 heterocycles. The lowest BCUT2D eigenvalue weighted by molar-refractivity contribution is 0.102. The van der Waals surface area contributed by atoms with E-state index in [1.54, 1.807) is 44.2 Å². The van der Waals surface area contributed by atoms with Crippen LogP contribution in [0, 0.1) is 19.7 Å². The Morgan fingerprint density at radius 1 is 1.00 bits per heavy atom. The quantitative estimate of drug-likeness (QED) is 0.628. The summed E-state index contributed by atoms with van der Waals surface area (Å²) in [6.07, 6.45) is 2.70. The van der Waals surface area contributed by atoms with Crippen molar-refractivity contribution in [3.05, 3.63) is 71.2 Å². The van der Waals surface area contributed by atoms with Gasteiger partial charge in [0.15, 0.2) is 0 Å². The van der Waals surface area contributed by atoms with Gasteiger partial charge < -0.3 is 5.32 Å². The number of anilines is 1. The summed E-state index contributed by atoms with van der Waals surface area (Å²) in [5, 5.41) is 7.16. The summed E-state index contributed by atoms with van der Waals surface area (Å²) < 4.78 is 42.6. The smallest absolute Gasteiger partial charge is 0.256 e. The zero-order valence-electron chi connectivity index (χ0n) is 18.0. The molecule has 0 atom stereocenters. The molecule has 1 fully saturated rings. The molecule has 3 aromatic rings. The first-order valence-electron chi connectivity index (χ1n) is 10.5. The van der Waals surface area contributed by atoms with Crippen LogP contribution in [0.1, 0.15) is 40.9 Å². The molecule has 4 rings (SSSR count). The Balaban J connectivity index is 1.63. The topological polar surface area (TPSA) is 84.3 Å². The number of amides is 1. The van der Waals surface area contributed by atoms with E-state index in [-0.39, 0.29) is 16.3 Å². The number of rotatable bonds is 5. The van der Waals surface area contributed by atoms with Crippen molar-refractivity contribution in [2.45, 2.75) is 38.0 Å². The molecule has 7 nitrogen and oxygen atoms in total. The van der Waals surface area contributed by atoms with Crippen molar-refractivity contribution in [3.63, 3.8) is 0 Å². The maximum absolute atomic E-state index is 13.3. The largest absolute Gasteiger partial charge is 0.306 e. The maximum atomic E-state index is 13.3. The summed E-state index contributed by atoms with van der Waals surface area (Å²) in [5.74, 6) is -0.422. The number of aromatic nitrogens is 2. The first-order chi connectivity index (χ1) is 15.3. The lowest BCUT2D eigenvalue weighted by Gasteiger charge is -2.26. The Bertz CT molecular complexity index is 1250. The standard InChI is InChI=1S/C23H25FN4O3S/c1-16-6-7-18(15-21(16)32(30,31)27-12-4-3-5-13-27)23(29)25-22-14-17(2)26-28(22)20-10-8-19(24)9-11-20/h6-11,14-15H,3-5,12-13H2,1-2H3,(H,25,29). The number of sulfonamides is 1. The van der Waals surface area contributed by atoms with Gasteiger partial charge in [-0.25, -0.2) is 17.5 Å². The second-order valence-electron chi connectivity index (χ2n) is 7.96. The fourth-order valence-corrected chi connectivity index (χ4v) is 5.59. The number of hydrogen-bond donors (Lipinski definition) is 1. The molecule has 0 radical (unpaired) electrons. The summed E-state index contributed by atoms with van der Waals surface area (Å²) in [7, 11) is -3.67. The molecule has 1 aliphatic rings. The van der Waals surface area contributed by atoms with Gasteiger partial charge in [-0.05, 0) is 68.7 Å². The third-order valence-corrected chi connectivity index (χ3v) is 7.57. The van der Waals surface area contributed by atoms with E-state index in [0.717, 1.165) is 19.3 Å². The average Bonchev–Trinajstić information content (AvgIpc) is 3.14. The highest BCUT2D eigenvalue weighted by Crippen LogP contribution is 2.25. The van der Waals surface area contributed by atoms with Gasteiger partial charge in [-0.1, -0.05) is 12.5 Å². The first-order valence-corrected chi connectivity index (χ1v) is 11.9. The minimum absolute atomic E-state index is 0.148. The number of nitrogens with one attached hydrogen (secondary N) is 1. The van der Waals surface area contributed by atoms with E-state index in [1.165, 1.54) is 27.2 Å². The van der Waals surface area contributed by atoms with Crippen molar-refractivity contribution in [1.82, 2.24) is 14.1 Å². The van der Waals surface area contributed by atoms with Gasteiger partial charge in [-0.2, -0.15) is 9.40 Å². The van der Waals surface area contributed by atoms with E-state index < -0.39 is 15.9 Å². The fourth-order valence-electron chi connectivity index (χ4n) is 3.82. The molecule has 0 spiro atoms. The van der Waals surface area contributed by atoms with Gasteiger partial charge in [0, 0.05) is 24.7 Å². The summed E-state index contributed by atoms with van der Waals surface area (Å²) in [4.78, 5) is 13.2. The molecule has 9 heteroatoms. The molecular weight excluding hydrogens is 431 g/mol. The molecule has 1 aliphatic heterocycles. The predicted octanol–water partition coefficient (Wildman–Crippen LogP) is 4.06. The van der Waals surface area contributed by atoms with E-state index in [2.05, 4.69) is 10.4 Å². The van der Waals surface area contributed by atoms with Crippen LogP contribution in [0.25, 0.3) is 5.69 Å². The van der Waals surface area contributed by atoms with Gasteiger partial charge in [-0.15, -0.1) is 0 Å². The maximum Gasteiger partial charge on any atom is 0.256 e. The molecule has 1 saturated heterocycles. The number of halogens is 1. The van der Waals surface area contributed by atoms with Crippen LogP contribution in [0.15, 0.2) is 53.4 Å². The van der Waals surface area contributed by atoms with Crippen LogP contribution >= 0.6 is 0 Å². The number of nitrogens with zero attached hydrogens (tertiary/aromatic N) is 3. The fraction of sp³-hybridized carbons (Fsp3) is 0.304. The molecule has 32 heavy (non-hydrogen) atoms. The predicted molar refractivity (Wildman–Crippen MR) is 120 cm³/mol. The summed E-state index contributed by atoms with van der Waals surface area (Å²) in [6, 6.07) is 12.1. The Morgan fingerprint density at radius 2 is 1.69 bits per heavy atom. The normalized spacial score (nSPS) is 15.0. The van der Waals surface area contributed by atoms with Gasteiger partial charge in [0.25, 0.3) is 5.91 Å².